The van der Waals surface area contributed by atoms with Gasteiger partial charge in [-0.25, -0.2) is 4.98 Å². The Labute approximate surface area is 121 Å². The zero-order chi connectivity index (χ0) is 13.2. The molecule has 0 radical (unpaired) electrons. The molecule has 0 atom stereocenters. The van der Waals surface area contributed by atoms with Gasteiger partial charge in [-0.1, -0.05) is 18.7 Å². The first-order valence-electron chi connectivity index (χ1n) is 6.73. The highest BCUT2D eigenvalue weighted by Gasteiger charge is 2.29. The van der Waals surface area contributed by atoms with E-state index in [-0.39, 0.29) is 0 Å². The quantitative estimate of drug-likeness (QED) is 0.766. The molecule has 4 nitrogen and oxygen atoms in total. The molecule has 1 aliphatic rings. The summed E-state index contributed by atoms with van der Waals surface area (Å²) in [5.41, 5.74) is 1.16. The molecule has 2 aromatic rings. The van der Waals surface area contributed by atoms with Crippen molar-refractivity contribution in [3.05, 3.63) is 21.9 Å². The molecule has 1 fully saturated rings. The van der Waals surface area contributed by atoms with Crippen LogP contribution in [0, 0.1) is 0 Å². The first kappa shape index (κ1) is 13.1. The van der Waals surface area contributed by atoms with Gasteiger partial charge in [0.05, 0.1) is 10.7 Å². The minimum absolute atomic E-state index is 0.655. The van der Waals surface area contributed by atoms with Gasteiger partial charge in [0.25, 0.3) is 0 Å². The van der Waals surface area contributed by atoms with Gasteiger partial charge in [-0.3, -0.25) is 0 Å². The first-order valence-corrected chi connectivity index (χ1v) is 8.59. The van der Waals surface area contributed by atoms with Crippen LogP contribution in [0.3, 0.4) is 0 Å². The molecule has 0 aliphatic heterocycles. The first-order chi connectivity index (χ1) is 9.28. The maximum atomic E-state index is 4.64. The molecule has 19 heavy (non-hydrogen) atoms. The van der Waals surface area contributed by atoms with Crippen molar-refractivity contribution in [2.75, 3.05) is 0 Å². The number of thioether (sulfide) groups is 1. The summed E-state index contributed by atoms with van der Waals surface area (Å²) in [6, 6.07) is 0. The maximum Gasteiger partial charge on any atom is 0.191 e. The molecule has 102 valence electrons. The average molecular weight is 294 g/mol. The molecule has 0 aromatic carbocycles. The van der Waals surface area contributed by atoms with Crippen LogP contribution in [0.15, 0.2) is 10.5 Å². The standard InChI is InChI=1S/C13H18N4S2/c1-3-4-11-14-10(7-18-11)8-19-13-16-15-12(17(13)2)9-5-6-9/h7,9H,3-6,8H2,1-2H3. The fourth-order valence-corrected chi connectivity index (χ4v) is 3.85. The molecular weight excluding hydrogens is 276 g/mol. The molecule has 0 amide bonds. The number of aromatic nitrogens is 4. The molecule has 1 saturated carbocycles. The van der Waals surface area contributed by atoms with Gasteiger partial charge in [-0.2, -0.15) is 0 Å². The van der Waals surface area contributed by atoms with Gasteiger partial charge in [0.1, 0.15) is 5.82 Å². The summed E-state index contributed by atoms with van der Waals surface area (Å²) in [5, 5.41) is 13.0. The Bertz CT molecular complexity index is 557. The molecule has 0 spiro atoms. The summed E-state index contributed by atoms with van der Waals surface area (Å²) >= 11 is 3.50. The van der Waals surface area contributed by atoms with Crippen molar-refractivity contribution in [1.29, 1.82) is 0 Å². The molecular formula is C13H18N4S2. The van der Waals surface area contributed by atoms with Gasteiger partial charge >= 0.3 is 0 Å². The van der Waals surface area contributed by atoms with Gasteiger partial charge in [0.15, 0.2) is 5.16 Å². The molecule has 2 aromatic heterocycles. The second-order valence-electron chi connectivity index (χ2n) is 4.95. The molecule has 3 rings (SSSR count). The summed E-state index contributed by atoms with van der Waals surface area (Å²) in [4.78, 5) is 4.64. The highest BCUT2D eigenvalue weighted by atomic mass is 32.2. The number of rotatable bonds is 6. The number of hydrogen-bond acceptors (Lipinski definition) is 5. The average Bonchev–Trinajstić information content (AvgIpc) is 3.04. The van der Waals surface area contributed by atoms with E-state index >= 15 is 0 Å². The van der Waals surface area contributed by atoms with E-state index in [4.69, 9.17) is 0 Å². The van der Waals surface area contributed by atoms with E-state index in [0.29, 0.717) is 5.92 Å². The predicted molar refractivity (Wildman–Crippen MR) is 78.6 cm³/mol. The molecule has 0 unspecified atom stereocenters. The molecule has 2 heterocycles. The topological polar surface area (TPSA) is 43.6 Å². The Morgan fingerprint density at radius 2 is 2.26 bits per heavy atom. The monoisotopic (exact) mass is 294 g/mol. The fourth-order valence-electron chi connectivity index (χ4n) is 2.03. The molecule has 0 N–H and O–H groups in total. The third-order valence-corrected chi connectivity index (χ3v) is 5.23. The largest absolute Gasteiger partial charge is 0.309 e. The lowest BCUT2D eigenvalue weighted by Gasteiger charge is -2.01. The summed E-state index contributed by atoms with van der Waals surface area (Å²) < 4.78 is 2.14. The van der Waals surface area contributed by atoms with Crippen molar-refractivity contribution in [2.45, 2.75) is 49.4 Å². The van der Waals surface area contributed by atoms with Gasteiger partial charge in [0.2, 0.25) is 0 Å². The second kappa shape index (κ2) is 5.63. The van der Waals surface area contributed by atoms with Crippen LogP contribution in [0.25, 0.3) is 0 Å². The van der Waals surface area contributed by atoms with E-state index in [2.05, 4.69) is 39.1 Å². The van der Waals surface area contributed by atoms with Crippen LogP contribution in [0.2, 0.25) is 0 Å². The van der Waals surface area contributed by atoms with Crippen LogP contribution in [-0.4, -0.2) is 19.7 Å². The highest BCUT2D eigenvalue weighted by molar-refractivity contribution is 7.98. The normalized spacial score (nSPS) is 15.1. The van der Waals surface area contributed by atoms with Crippen LogP contribution >= 0.6 is 23.1 Å². The summed E-state index contributed by atoms with van der Waals surface area (Å²) in [7, 11) is 2.07. The van der Waals surface area contributed by atoms with Crippen LogP contribution in [-0.2, 0) is 19.2 Å². The lowest BCUT2D eigenvalue weighted by atomic mass is 10.3. The molecule has 0 saturated heterocycles. The van der Waals surface area contributed by atoms with Gasteiger partial charge in [0, 0.05) is 24.1 Å². The van der Waals surface area contributed by atoms with Crippen LogP contribution in [0.4, 0.5) is 0 Å². The number of hydrogen-bond donors (Lipinski definition) is 0. The van der Waals surface area contributed by atoms with E-state index in [9.17, 15) is 0 Å². The zero-order valence-electron chi connectivity index (χ0n) is 11.3. The third-order valence-electron chi connectivity index (χ3n) is 3.22. The summed E-state index contributed by atoms with van der Waals surface area (Å²) in [5.74, 6) is 2.69. The lowest BCUT2D eigenvalue weighted by Crippen LogP contribution is -1.97. The number of nitrogens with zero attached hydrogens (tertiary/aromatic N) is 4. The smallest absolute Gasteiger partial charge is 0.191 e. The summed E-state index contributed by atoms with van der Waals surface area (Å²) in [6.45, 7) is 2.19. The van der Waals surface area contributed by atoms with Crippen molar-refractivity contribution >= 4 is 23.1 Å². The van der Waals surface area contributed by atoms with E-state index in [1.54, 1.807) is 23.1 Å². The molecule has 6 heteroatoms. The van der Waals surface area contributed by atoms with Crippen molar-refractivity contribution in [3.8, 4) is 0 Å². The number of aryl methyl sites for hydroxylation is 1. The Balaban J connectivity index is 1.61. The van der Waals surface area contributed by atoms with E-state index in [1.165, 1.54) is 17.8 Å². The van der Waals surface area contributed by atoms with E-state index in [1.807, 2.05) is 0 Å². The Morgan fingerprint density at radius 3 is 3.00 bits per heavy atom. The summed E-state index contributed by atoms with van der Waals surface area (Å²) in [6.07, 6.45) is 4.78. The van der Waals surface area contributed by atoms with Crippen molar-refractivity contribution in [3.63, 3.8) is 0 Å². The van der Waals surface area contributed by atoms with Crippen LogP contribution in [0.5, 0.6) is 0 Å². The van der Waals surface area contributed by atoms with E-state index < -0.39 is 0 Å². The minimum atomic E-state index is 0.655. The molecule has 1 aliphatic carbocycles. The second-order valence-corrected chi connectivity index (χ2v) is 6.83. The zero-order valence-corrected chi connectivity index (χ0v) is 12.9. The molecule has 0 bridgehead atoms. The SMILES string of the molecule is CCCc1nc(CSc2nnc(C3CC3)n2C)cs1. The van der Waals surface area contributed by atoms with Crippen LogP contribution in [0.1, 0.15) is 48.6 Å². The fraction of sp³-hybridized carbons (Fsp3) is 0.615. The van der Waals surface area contributed by atoms with E-state index in [0.717, 1.165) is 35.3 Å². The Hall–Kier alpha value is -0.880. The van der Waals surface area contributed by atoms with Crippen molar-refractivity contribution in [2.24, 2.45) is 7.05 Å². The minimum Gasteiger partial charge on any atom is -0.309 e. The van der Waals surface area contributed by atoms with Crippen molar-refractivity contribution in [1.82, 2.24) is 19.7 Å². The highest BCUT2D eigenvalue weighted by Crippen LogP contribution is 2.39. The van der Waals surface area contributed by atoms with Crippen LogP contribution < -0.4 is 0 Å². The predicted octanol–water partition coefficient (Wildman–Crippen LogP) is 3.39. The van der Waals surface area contributed by atoms with Gasteiger partial charge in [-0.05, 0) is 25.7 Å². The van der Waals surface area contributed by atoms with Crippen molar-refractivity contribution < 1.29 is 0 Å². The lowest BCUT2D eigenvalue weighted by molar-refractivity contribution is 0.736. The number of thiazole rings is 1. The Morgan fingerprint density at radius 1 is 1.42 bits per heavy atom. The maximum absolute atomic E-state index is 4.64. The van der Waals surface area contributed by atoms with Gasteiger partial charge in [-0.15, -0.1) is 21.5 Å². The Kier molecular flexibility index (Phi) is 3.88. The third kappa shape index (κ3) is 3.00. The van der Waals surface area contributed by atoms with Gasteiger partial charge < -0.3 is 4.57 Å².